The van der Waals surface area contributed by atoms with Gasteiger partial charge in [0.05, 0.1) is 13.7 Å². The smallest absolute Gasteiger partial charge is 0.408 e. The first-order valence-electron chi connectivity index (χ1n) is 7.07. The van der Waals surface area contributed by atoms with E-state index in [0.29, 0.717) is 17.9 Å². The Bertz CT molecular complexity index is 504. The molecule has 6 nitrogen and oxygen atoms in total. The van der Waals surface area contributed by atoms with Crippen molar-refractivity contribution in [1.82, 2.24) is 5.32 Å². The molecule has 0 aliphatic carbocycles. The molecule has 0 saturated heterocycles. The third kappa shape index (κ3) is 5.63. The molecule has 0 saturated carbocycles. The molecule has 1 N–H and O–H groups in total. The minimum absolute atomic E-state index is 0.552. The highest BCUT2D eigenvalue weighted by molar-refractivity contribution is 5.82. The van der Waals surface area contributed by atoms with Crippen LogP contribution in [0.2, 0.25) is 0 Å². The molecule has 1 amide bonds. The number of nitrogens with one attached hydrogen (secondary N) is 1. The standard InChI is InChI=1S/C16H23NO5/c1-6-21-12-9-7-11(8-10-12)13(14(18)20-5)17-15(19)22-16(2,3)4/h7-10,13H,6H2,1-5H3,(H,17,19). The Morgan fingerprint density at radius 3 is 2.23 bits per heavy atom. The average Bonchev–Trinajstić information content (AvgIpc) is 2.43. The molecular formula is C16H23NO5. The van der Waals surface area contributed by atoms with Crippen molar-refractivity contribution < 1.29 is 23.8 Å². The normalized spacial score (nSPS) is 12.2. The molecule has 0 radical (unpaired) electrons. The molecule has 22 heavy (non-hydrogen) atoms. The van der Waals surface area contributed by atoms with Crippen LogP contribution in [0.25, 0.3) is 0 Å². The van der Waals surface area contributed by atoms with Crippen molar-refractivity contribution in [1.29, 1.82) is 0 Å². The van der Waals surface area contributed by atoms with Crippen molar-refractivity contribution in [3.8, 4) is 5.75 Å². The number of amides is 1. The molecule has 0 aromatic heterocycles. The number of carbonyl (C=O) groups is 2. The predicted molar refractivity (Wildman–Crippen MR) is 81.7 cm³/mol. The molecule has 1 aromatic carbocycles. The summed E-state index contributed by atoms with van der Waals surface area (Å²) in [7, 11) is 1.26. The van der Waals surface area contributed by atoms with E-state index in [1.165, 1.54) is 7.11 Å². The third-order valence-corrected chi connectivity index (χ3v) is 2.62. The maximum Gasteiger partial charge on any atom is 0.408 e. The van der Waals surface area contributed by atoms with Gasteiger partial charge in [0.15, 0.2) is 6.04 Å². The number of benzene rings is 1. The quantitative estimate of drug-likeness (QED) is 0.847. The molecule has 1 atom stereocenters. The fourth-order valence-corrected chi connectivity index (χ4v) is 1.74. The van der Waals surface area contributed by atoms with E-state index < -0.39 is 23.7 Å². The highest BCUT2D eigenvalue weighted by atomic mass is 16.6. The first-order chi connectivity index (χ1) is 10.3. The SMILES string of the molecule is CCOc1ccc(C(NC(=O)OC(C)(C)C)C(=O)OC)cc1. The molecule has 6 heteroatoms. The lowest BCUT2D eigenvalue weighted by Crippen LogP contribution is -2.38. The summed E-state index contributed by atoms with van der Waals surface area (Å²) in [5.74, 6) is 0.113. The number of methoxy groups -OCH3 is 1. The van der Waals surface area contributed by atoms with Gasteiger partial charge in [-0.2, -0.15) is 0 Å². The second-order valence-corrected chi connectivity index (χ2v) is 5.60. The van der Waals surface area contributed by atoms with Crippen molar-refractivity contribution in [2.24, 2.45) is 0 Å². The monoisotopic (exact) mass is 309 g/mol. The van der Waals surface area contributed by atoms with Gasteiger partial charge in [0.2, 0.25) is 0 Å². The van der Waals surface area contributed by atoms with E-state index in [4.69, 9.17) is 14.2 Å². The van der Waals surface area contributed by atoms with Crippen LogP contribution >= 0.6 is 0 Å². The molecule has 1 aromatic rings. The van der Waals surface area contributed by atoms with E-state index >= 15 is 0 Å². The van der Waals surface area contributed by atoms with Crippen molar-refractivity contribution >= 4 is 12.1 Å². The van der Waals surface area contributed by atoms with Crippen molar-refractivity contribution in [3.05, 3.63) is 29.8 Å². The second kappa shape index (κ2) is 7.68. The van der Waals surface area contributed by atoms with Crippen molar-refractivity contribution in [2.75, 3.05) is 13.7 Å². The number of alkyl carbamates (subject to hydrolysis) is 1. The van der Waals surface area contributed by atoms with Crippen LogP contribution < -0.4 is 10.1 Å². The van der Waals surface area contributed by atoms with E-state index in [9.17, 15) is 9.59 Å². The van der Waals surface area contributed by atoms with Gasteiger partial charge in [-0.15, -0.1) is 0 Å². The number of ether oxygens (including phenoxy) is 3. The number of hydrogen-bond acceptors (Lipinski definition) is 5. The Labute approximate surface area is 130 Å². The van der Waals surface area contributed by atoms with Gasteiger partial charge in [-0.05, 0) is 45.4 Å². The summed E-state index contributed by atoms with van der Waals surface area (Å²) in [4.78, 5) is 23.8. The largest absolute Gasteiger partial charge is 0.494 e. The highest BCUT2D eigenvalue weighted by Gasteiger charge is 2.26. The minimum Gasteiger partial charge on any atom is -0.494 e. The number of esters is 1. The molecule has 0 fully saturated rings. The first kappa shape index (κ1) is 17.8. The Morgan fingerprint density at radius 1 is 1.18 bits per heavy atom. The zero-order valence-corrected chi connectivity index (χ0v) is 13.6. The second-order valence-electron chi connectivity index (χ2n) is 5.60. The van der Waals surface area contributed by atoms with Crippen LogP contribution in [0.5, 0.6) is 5.75 Å². The Kier molecular flexibility index (Phi) is 6.22. The van der Waals surface area contributed by atoms with Gasteiger partial charge >= 0.3 is 12.1 Å². The summed E-state index contributed by atoms with van der Waals surface area (Å²) < 4.78 is 15.2. The lowest BCUT2D eigenvalue weighted by atomic mass is 10.1. The fourth-order valence-electron chi connectivity index (χ4n) is 1.74. The van der Waals surface area contributed by atoms with Crippen LogP contribution in [-0.4, -0.2) is 31.4 Å². The summed E-state index contributed by atoms with van der Waals surface area (Å²) in [6.07, 6.45) is -0.684. The van der Waals surface area contributed by atoms with E-state index in [2.05, 4.69) is 5.32 Å². The molecule has 0 bridgehead atoms. The first-order valence-corrected chi connectivity index (χ1v) is 7.07. The van der Waals surface area contributed by atoms with Gasteiger partial charge in [0.25, 0.3) is 0 Å². The molecular weight excluding hydrogens is 286 g/mol. The van der Waals surface area contributed by atoms with Gasteiger partial charge in [-0.25, -0.2) is 9.59 Å². The van der Waals surface area contributed by atoms with Crippen LogP contribution in [0.15, 0.2) is 24.3 Å². The number of hydrogen-bond donors (Lipinski definition) is 1. The predicted octanol–water partition coefficient (Wildman–Crippen LogP) is 2.82. The topological polar surface area (TPSA) is 73.9 Å². The van der Waals surface area contributed by atoms with Gasteiger partial charge in [0, 0.05) is 0 Å². The van der Waals surface area contributed by atoms with Gasteiger partial charge in [0.1, 0.15) is 11.4 Å². The maximum absolute atomic E-state index is 11.9. The van der Waals surface area contributed by atoms with Crippen molar-refractivity contribution in [3.63, 3.8) is 0 Å². The summed E-state index contributed by atoms with van der Waals surface area (Å²) >= 11 is 0. The van der Waals surface area contributed by atoms with Crippen LogP contribution in [0, 0.1) is 0 Å². The summed E-state index contributed by atoms with van der Waals surface area (Å²) in [6.45, 7) is 7.68. The zero-order valence-electron chi connectivity index (χ0n) is 13.6. The van der Waals surface area contributed by atoms with Gasteiger partial charge in [-0.3, -0.25) is 0 Å². The summed E-state index contributed by atoms with van der Waals surface area (Å²) in [5, 5.41) is 2.52. The molecule has 0 spiro atoms. The highest BCUT2D eigenvalue weighted by Crippen LogP contribution is 2.20. The molecule has 0 aliphatic heterocycles. The lowest BCUT2D eigenvalue weighted by Gasteiger charge is -2.22. The molecule has 1 rings (SSSR count). The average molecular weight is 309 g/mol. The Balaban J connectivity index is 2.89. The van der Waals surface area contributed by atoms with Gasteiger partial charge < -0.3 is 19.5 Å². The van der Waals surface area contributed by atoms with E-state index in [1.807, 2.05) is 6.92 Å². The molecule has 0 aliphatic rings. The maximum atomic E-state index is 11.9. The van der Waals surface area contributed by atoms with Crippen LogP contribution in [0.1, 0.15) is 39.3 Å². The molecule has 1 unspecified atom stereocenters. The van der Waals surface area contributed by atoms with Crippen LogP contribution in [0.4, 0.5) is 4.79 Å². The zero-order chi connectivity index (χ0) is 16.8. The third-order valence-electron chi connectivity index (χ3n) is 2.62. The van der Waals surface area contributed by atoms with Crippen LogP contribution in [0.3, 0.4) is 0 Å². The summed E-state index contributed by atoms with van der Waals surface area (Å²) in [6, 6.07) is 5.92. The van der Waals surface area contributed by atoms with E-state index in [1.54, 1.807) is 45.0 Å². The Morgan fingerprint density at radius 2 is 1.77 bits per heavy atom. The lowest BCUT2D eigenvalue weighted by molar-refractivity contribution is -0.143. The fraction of sp³-hybridized carbons (Fsp3) is 0.500. The van der Waals surface area contributed by atoms with Gasteiger partial charge in [-0.1, -0.05) is 12.1 Å². The molecule has 0 heterocycles. The Hall–Kier alpha value is -2.24. The van der Waals surface area contributed by atoms with E-state index in [-0.39, 0.29) is 0 Å². The van der Waals surface area contributed by atoms with Crippen molar-refractivity contribution in [2.45, 2.75) is 39.3 Å². The molecule has 122 valence electrons. The van der Waals surface area contributed by atoms with Crippen LogP contribution in [-0.2, 0) is 14.3 Å². The van der Waals surface area contributed by atoms with E-state index in [0.717, 1.165) is 0 Å². The summed E-state index contributed by atoms with van der Waals surface area (Å²) in [5.41, 5.74) is -0.0648. The number of carbonyl (C=O) groups excluding carboxylic acids is 2. The minimum atomic E-state index is -0.935. The number of rotatable bonds is 5.